The molecule has 0 fully saturated rings. The predicted octanol–water partition coefficient (Wildman–Crippen LogP) is 1.02. The first-order valence-electron chi connectivity index (χ1n) is 12.8. The molecule has 0 aliphatic heterocycles. The average molecular weight is 538 g/mol. The number of thioether (sulfide) groups is 1. The Morgan fingerprint density at radius 3 is 2.16 bits per heavy atom. The smallest absolute Gasteiger partial charge is 0.326 e. The number of aliphatic carboxylic acids is 1. The SMILES string of the molecule is CCC(C)C(NC(=O)C(N)CCCCN)C(=O)NC(Cc1ccccc1)C(=O)NC(CCSC)C(=O)O. The van der Waals surface area contributed by atoms with Crippen molar-refractivity contribution in [2.24, 2.45) is 17.4 Å². The van der Waals surface area contributed by atoms with Crippen molar-refractivity contribution in [3.8, 4) is 0 Å². The average Bonchev–Trinajstić information content (AvgIpc) is 2.88. The van der Waals surface area contributed by atoms with Gasteiger partial charge in [-0.15, -0.1) is 0 Å². The number of carboxylic acid groups (broad SMARTS) is 1. The van der Waals surface area contributed by atoms with Crippen LogP contribution in [0.25, 0.3) is 0 Å². The standard InChI is InChI=1S/C26H43N5O5S/c1-4-17(2)22(31-23(32)19(28)12-8-9-14-27)25(34)30-21(16-18-10-6-5-7-11-18)24(33)29-20(26(35)36)13-15-37-3/h5-7,10-11,17,19-22H,4,8-9,12-16,27-28H2,1-3H3,(H,29,33)(H,30,34)(H,31,32)(H,35,36). The monoisotopic (exact) mass is 537 g/mol. The van der Waals surface area contributed by atoms with Gasteiger partial charge in [0.05, 0.1) is 6.04 Å². The minimum Gasteiger partial charge on any atom is -0.480 e. The normalized spacial score (nSPS) is 15.1. The van der Waals surface area contributed by atoms with E-state index in [1.54, 1.807) is 0 Å². The summed E-state index contributed by atoms with van der Waals surface area (Å²) in [5, 5.41) is 17.6. The van der Waals surface area contributed by atoms with Crippen LogP contribution in [0.5, 0.6) is 0 Å². The lowest BCUT2D eigenvalue weighted by Gasteiger charge is -2.28. The highest BCUT2D eigenvalue weighted by molar-refractivity contribution is 7.98. The van der Waals surface area contributed by atoms with Crippen molar-refractivity contribution in [2.45, 2.75) is 76.5 Å². The molecule has 0 saturated carbocycles. The molecule has 0 saturated heterocycles. The van der Waals surface area contributed by atoms with Gasteiger partial charge in [-0.3, -0.25) is 14.4 Å². The molecule has 11 heteroatoms. The van der Waals surface area contributed by atoms with Gasteiger partial charge >= 0.3 is 5.97 Å². The minimum absolute atomic E-state index is 0.160. The number of amides is 3. The zero-order valence-electron chi connectivity index (χ0n) is 22.1. The van der Waals surface area contributed by atoms with Crippen molar-refractivity contribution in [2.75, 3.05) is 18.6 Å². The van der Waals surface area contributed by atoms with Gasteiger partial charge in [0, 0.05) is 6.42 Å². The second-order valence-corrected chi connectivity index (χ2v) is 10.2. The summed E-state index contributed by atoms with van der Waals surface area (Å²) in [4.78, 5) is 51.0. The van der Waals surface area contributed by atoms with Gasteiger partial charge in [-0.05, 0) is 49.3 Å². The molecule has 0 spiro atoms. The van der Waals surface area contributed by atoms with Crippen molar-refractivity contribution < 1.29 is 24.3 Å². The van der Waals surface area contributed by atoms with Crippen molar-refractivity contribution in [3.63, 3.8) is 0 Å². The van der Waals surface area contributed by atoms with E-state index in [1.165, 1.54) is 11.8 Å². The van der Waals surface area contributed by atoms with Crippen molar-refractivity contribution in [1.29, 1.82) is 0 Å². The molecule has 8 N–H and O–H groups in total. The van der Waals surface area contributed by atoms with Gasteiger partial charge in [0.2, 0.25) is 17.7 Å². The highest BCUT2D eigenvalue weighted by Crippen LogP contribution is 2.11. The number of hydrogen-bond acceptors (Lipinski definition) is 7. The molecule has 0 heterocycles. The molecule has 208 valence electrons. The van der Waals surface area contributed by atoms with Gasteiger partial charge in [-0.1, -0.05) is 57.0 Å². The van der Waals surface area contributed by atoms with Crippen LogP contribution in [0.3, 0.4) is 0 Å². The summed E-state index contributed by atoms with van der Waals surface area (Å²) in [6.45, 7) is 4.24. The molecule has 3 amide bonds. The van der Waals surface area contributed by atoms with E-state index in [1.807, 2.05) is 50.4 Å². The van der Waals surface area contributed by atoms with E-state index in [9.17, 15) is 24.3 Å². The van der Waals surface area contributed by atoms with E-state index in [4.69, 9.17) is 11.5 Å². The molecule has 0 aromatic heterocycles. The molecule has 5 unspecified atom stereocenters. The van der Waals surface area contributed by atoms with Crippen LogP contribution < -0.4 is 27.4 Å². The summed E-state index contributed by atoms with van der Waals surface area (Å²) in [5.41, 5.74) is 12.3. The Morgan fingerprint density at radius 1 is 0.946 bits per heavy atom. The number of nitrogens with one attached hydrogen (secondary N) is 3. The largest absolute Gasteiger partial charge is 0.480 e. The third-order valence-electron chi connectivity index (χ3n) is 6.24. The number of benzene rings is 1. The van der Waals surface area contributed by atoms with Crippen molar-refractivity contribution in [1.82, 2.24) is 16.0 Å². The fourth-order valence-electron chi connectivity index (χ4n) is 3.69. The number of carbonyl (C=O) groups is 4. The maximum absolute atomic E-state index is 13.4. The summed E-state index contributed by atoms with van der Waals surface area (Å²) < 4.78 is 0. The first kappa shape index (κ1) is 32.4. The quantitative estimate of drug-likeness (QED) is 0.150. The third kappa shape index (κ3) is 12.0. The Balaban J connectivity index is 3.07. The molecule has 1 rings (SSSR count). The van der Waals surface area contributed by atoms with Gasteiger partial charge in [0.15, 0.2) is 0 Å². The molecule has 0 bridgehead atoms. The van der Waals surface area contributed by atoms with Crippen molar-refractivity contribution >= 4 is 35.5 Å². The lowest BCUT2D eigenvalue weighted by molar-refractivity contribution is -0.142. The number of carbonyl (C=O) groups excluding carboxylic acids is 3. The Kier molecular flexibility index (Phi) is 15.6. The van der Waals surface area contributed by atoms with Crippen LogP contribution in [0.15, 0.2) is 30.3 Å². The molecule has 10 nitrogen and oxygen atoms in total. The topological polar surface area (TPSA) is 177 Å². The number of nitrogens with two attached hydrogens (primary N) is 2. The van der Waals surface area contributed by atoms with Crippen LogP contribution in [-0.2, 0) is 25.6 Å². The van der Waals surface area contributed by atoms with E-state index in [-0.39, 0.29) is 18.8 Å². The molecule has 1 aromatic rings. The van der Waals surface area contributed by atoms with Crippen LogP contribution in [0.1, 0.15) is 51.5 Å². The van der Waals surface area contributed by atoms with E-state index in [0.29, 0.717) is 31.6 Å². The molecule has 37 heavy (non-hydrogen) atoms. The molecular weight excluding hydrogens is 494 g/mol. The van der Waals surface area contributed by atoms with Gasteiger partial charge in [-0.25, -0.2) is 4.79 Å². The van der Waals surface area contributed by atoms with Gasteiger partial charge in [0.25, 0.3) is 0 Å². The molecule has 0 radical (unpaired) electrons. The Hall–Kier alpha value is -2.63. The highest BCUT2D eigenvalue weighted by atomic mass is 32.2. The fraction of sp³-hybridized carbons (Fsp3) is 0.615. The summed E-state index contributed by atoms with van der Waals surface area (Å²) >= 11 is 1.48. The van der Waals surface area contributed by atoms with E-state index in [2.05, 4.69) is 16.0 Å². The molecule has 5 atom stereocenters. The summed E-state index contributed by atoms with van der Waals surface area (Å²) in [5.74, 6) is -2.37. The van der Waals surface area contributed by atoms with Crippen LogP contribution >= 0.6 is 11.8 Å². The zero-order chi connectivity index (χ0) is 27.8. The number of rotatable bonds is 18. The summed E-state index contributed by atoms with van der Waals surface area (Å²) in [6, 6.07) is 5.33. The molecule has 0 aliphatic carbocycles. The lowest BCUT2D eigenvalue weighted by Crippen LogP contribution is -2.59. The Morgan fingerprint density at radius 2 is 1.59 bits per heavy atom. The first-order chi connectivity index (χ1) is 17.6. The maximum atomic E-state index is 13.4. The fourth-order valence-corrected chi connectivity index (χ4v) is 4.16. The van der Waals surface area contributed by atoms with Crippen LogP contribution in [0.4, 0.5) is 0 Å². The Labute approximate surface area is 224 Å². The molecular formula is C26H43N5O5S. The zero-order valence-corrected chi connectivity index (χ0v) is 22.9. The van der Waals surface area contributed by atoms with Gasteiger partial charge in [0.1, 0.15) is 18.1 Å². The number of unbranched alkanes of at least 4 members (excludes halogenated alkanes) is 1. The van der Waals surface area contributed by atoms with Crippen molar-refractivity contribution in [3.05, 3.63) is 35.9 Å². The van der Waals surface area contributed by atoms with Gasteiger partial charge in [-0.2, -0.15) is 11.8 Å². The van der Waals surface area contributed by atoms with E-state index < -0.39 is 47.9 Å². The van der Waals surface area contributed by atoms with E-state index >= 15 is 0 Å². The molecule has 1 aromatic carbocycles. The summed E-state index contributed by atoms with van der Waals surface area (Å²) in [6.07, 6.45) is 4.77. The lowest BCUT2D eigenvalue weighted by atomic mass is 9.96. The van der Waals surface area contributed by atoms with E-state index in [0.717, 1.165) is 12.0 Å². The second kappa shape index (κ2) is 17.8. The summed E-state index contributed by atoms with van der Waals surface area (Å²) in [7, 11) is 0. The minimum atomic E-state index is -1.14. The number of hydrogen-bond donors (Lipinski definition) is 6. The maximum Gasteiger partial charge on any atom is 0.326 e. The predicted molar refractivity (Wildman–Crippen MR) is 147 cm³/mol. The third-order valence-corrected chi connectivity index (χ3v) is 6.88. The first-order valence-corrected chi connectivity index (χ1v) is 14.2. The van der Waals surface area contributed by atoms with Crippen LogP contribution in [0, 0.1) is 5.92 Å². The van der Waals surface area contributed by atoms with Crippen LogP contribution in [-0.4, -0.2) is 71.5 Å². The highest BCUT2D eigenvalue weighted by Gasteiger charge is 2.32. The van der Waals surface area contributed by atoms with Crippen LogP contribution in [0.2, 0.25) is 0 Å². The molecule has 0 aliphatic rings. The second-order valence-electron chi connectivity index (χ2n) is 9.19. The van der Waals surface area contributed by atoms with Gasteiger partial charge < -0.3 is 32.5 Å². The number of carboxylic acids is 1. The Bertz CT molecular complexity index is 857.